The van der Waals surface area contributed by atoms with Gasteiger partial charge in [0.25, 0.3) is 5.09 Å². The van der Waals surface area contributed by atoms with Crippen molar-refractivity contribution in [3.8, 4) is 11.1 Å². The Kier molecular flexibility index (Phi) is 8.41. The number of amides is 2. The van der Waals surface area contributed by atoms with E-state index in [0.29, 0.717) is 48.0 Å². The number of aromatic nitrogens is 2. The lowest BCUT2D eigenvalue weighted by Gasteiger charge is -2.29. The summed E-state index contributed by atoms with van der Waals surface area (Å²) in [5.74, 6) is 1.76. The molecule has 46 heavy (non-hydrogen) atoms. The molecule has 2 N–H and O–H groups in total. The number of hydrogen-bond acceptors (Lipinski definition) is 11. The first-order valence-corrected chi connectivity index (χ1v) is 14.5. The van der Waals surface area contributed by atoms with Crippen LogP contribution in [0.2, 0.25) is 0 Å². The summed E-state index contributed by atoms with van der Waals surface area (Å²) >= 11 is 0. The molecule has 0 fully saturated rings. The summed E-state index contributed by atoms with van der Waals surface area (Å²) in [5, 5.41) is 15.0. The van der Waals surface area contributed by atoms with Crippen LogP contribution in [0.25, 0.3) is 11.1 Å². The van der Waals surface area contributed by atoms with Crippen LogP contribution in [0, 0.1) is 24.0 Å². The SMILES string of the molecule is Cc1nc(C)c2c(n1)N(Cc1ccc(-c3ccccc3C3=NNN(C(=O)OCc4ccccc4CO[N+](=O)[O-])N3)cc1)C(=O)CC2. The van der Waals surface area contributed by atoms with E-state index in [-0.39, 0.29) is 19.1 Å². The highest BCUT2D eigenvalue weighted by molar-refractivity contribution is 6.05. The second-order valence-corrected chi connectivity index (χ2v) is 10.7. The first kappa shape index (κ1) is 30.0. The number of hydrazine groups is 2. The second-order valence-electron chi connectivity index (χ2n) is 10.7. The van der Waals surface area contributed by atoms with Crippen LogP contribution >= 0.6 is 0 Å². The van der Waals surface area contributed by atoms with E-state index < -0.39 is 11.2 Å². The van der Waals surface area contributed by atoms with Gasteiger partial charge in [0.15, 0.2) is 5.84 Å². The van der Waals surface area contributed by atoms with E-state index in [1.807, 2.05) is 62.4 Å². The molecular weight excluding hydrogens is 592 g/mol. The zero-order valence-electron chi connectivity index (χ0n) is 25.1. The molecule has 2 aliphatic heterocycles. The van der Waals surface area contributed by atoms with Crippen LogP contribution in [0.5, 0.6) is 0 Å². The predicted octanol–water partition coefficient (Wildman–Crippen LogP) is 4.27. The summed E-state index contributed by atoms with van der Waals surface area (Å²) in [6.07, 6.45) is 0.310. The summed E-state index contributed by atoms with van der Waals surface area (Å²) in [6.45, 7) is 3.79. The number of aryl methyl sites for hydroxylation is 2. The van der Waals surface area contributed by atoms with Crippen molar-refractivity contribution in [2.45, 2.75) is 46.4 Å². The Morgan fingerprint density at radius 2 is 1.63 bits per heavy atom. The third kappa shape index (κ3) is 6.40. The molecule has 14 nitrogen and oxygen atoms in total. The molecule has 0 bridgehead atoms. The average molecular weight is 623 g/mol. The third-order valence-electron chi connectivity index (χ3n) is 7.69. The Hall–Kier alpha value is -6.05. The fraction of sp³-hybridized carbons (Fsp3) is 0.219. The molecule has 0 atom stereocenters. The van der Waals surface area contributed by atoms with E-state index in [1.165, 1.54) is 0 Å². The maximum atomic E-state index is 12.9. The Morgan fingerprint density at radius 3 is 2.37 bits per heavy atom. The number of nitrogens with zero attached hydrogens (tertiary/aromatic N) is 6. The van der Waals surface area contributed by atoms with Gasteiger partial charge in [0.05, 0.1) is 6.54 Å². The molecule has 3 aromatic carbocycles. The van der Waals surface area contributed by atoms with Crippen molar-refractivity contribution in [1.29, 1.82) is 0 Å². The Morgan fingerprint density at radius 1 is 0.935 bits per heavy atom. The minimum atomic E-state index is -0.875. The zero-order valence-corrected chi connectivity index (χ0v) is 25.1. The number of fused-ring (bicyclic) bond motifs is 1. The number of benzene rings is 3. The monoisotopic (exact) mass is 622 g/mol. The molecule has 3 heterocycles. The lowest BCUT2D eigenvalue weighted by Crippen LogP contribution is -2.46. The Bertz CT molecular complexity index is 1850. The van der Waals surface area contributed by atoms with Crippen molar-refractivity contribution in [3.63, 3.8) is 0 Å². The molecule has 1 aromatic heterocycles. The van der Waals surface area contributed by atoms with Gasteiger partial charge in [-0.25, -0.2) is 14.8 Å². The standard InChI is InChI=1S/C32H30N8O6/c1-20-26-15-16-29(41)38(31(26)34-21(2)33-20)17-22-11-13-23(14-12-22)27-9-5-6-10-28(27)30-35-37-39(36-30)32(42)45-18-24-7-3-4-8-25(24)19-46-40(43)44/h3-14,37H,15-19H2,1-2H3,(H,35,36). The van der Waals surface area contributed by atoms with Crippen LogP contribution in [-0.4, -0.2) is 38.0 Å². The number of carbonyl (C=O) groups excluding carboxylic acids is 2. The Labute approximate surface area is 263 Å². The number of nitrogens with one attached hydrogen (secondary N) is 2. The highest BCUT2D eigenvalue weighted by Crippen LogP contribution is 2.30. The summed E-state index contributed by atoms with van der Waals surface area (Å²) in [6, 6.07) is 22.3. The maximum Gasteiger partial charge on any atom is 0.450 e. The number of rotatable bonds is 9. The van der Waals surface area contributed by atoms with E-state index in [9.17, 15) is 19.7 Å². The van der Waals surface area contributed by atoms with Gasteiger partial charge >= 0.3 is 6.09 Å². The van der Waals surface area contributed by atoms with Crippen LogP contribution in [0.1, 0.15) is 45.8 Å². The summed E-state index contributed by atoms with van der Waals surface area (Å²) in [7, 11) is 0. The Balaban J connectivity index is 1.12. The molecule has 0 aliphatic carbocycles. The lowest BCUT2D eigenvalue weighted by molar-refractivity contribution is -0.763. The fourth-order valence-electron chi connectivity index (χ4n) is 5.42. The minimum absolute atomic E-state index is 0.0355. The van der Waals surface area contributed by atoms with Gasteiger partial charge in [-0.05, 0) is 48.1 Å². The second kappa shape index (κ2) is 12.9. The van der Waals surface area contributed by atoms with Gasteiger partial charge in [0.2, 0.25) is 5.91 Å². The molecule has 234 valence electrons. The number of amidine groups is 1. The van der Waals surface area contributed by atoms with E-state index in [0.717, 1.165) is 38.6 Å². The van der Waals surface area contributed by atoms with Crippen molar-refractivity contribution >= 4 is 23.7 Å². The molecule has 0 unspecified atom stereocenters. The quantitative estimate of drug-likeness (QED) is 0.203. The first-order valence-electron chi connectivity index (χ1n) is 14.5. The van der Waals surface area contributed by atoms with Gasteiger partial charge < -0.3 is 9.57 Å². The number of hydrogen-bond donors (Lipinski definition) is 2. The van der Waals surface area contributed by atoms with Gasteiger partial charge in [-0.3, -0.25) is 15.1 Å². The highest BCUT2D eigenvalue weighted by Gasteiger charge is 2.28. The van der Waals surface area contributed by atoms with Crippen molar-refractivity contribution < 1.29 is 24.3 Å². The number of ether oxygens (including phenoxy) is 1. The van der Waals surface area contributed by atoms with E-state index >= 15 is 0 Å². The highest BCUT2D eigenvalue weighted by atomic mass is 16.9. The number of carbonyl (C=O) groups is 2. The van der Waals surface area contributed by atoms with Gasteiger partial charge in [-0.2, -0.15) is 5.53 Å². The van der Waals surface area contributed by atoms with Crippen LogP contribution in [0.3, 0.4) is 0 Å². The molecule has 0 saturated carbocycles. The molecular formula is C32H30N8O6. The molecule has 6 rings (SSSR count). The maximum absolute atomic E-state index is 12.9. The largest absolute Gasteiger partial charge is 0.450 e. The molecule has 0 radical (unpaired) electrons. The van der Waals surface area contributed by atoms with Crippen molar-refractivity contribution in [2.75, 3.05) is 4.90 Å². The summed E-state index contributed by atoms with van der Waals surface area (Å²) in [5.41, 5.74) is 12.0. The topological polar surface area (TPSA) is 164 Å². The molecule has 2 aliphatic rings. The smallest absolute Gasteiger partial charge is 0.442 e. The van der Waals surface area contributed by atoms with E-state index in [1.54, 1.807) is 29.2 Å². The van der Waals surface area contributed by atoms with E-state index in [2.05, 4.69) is 30.9 Å². The van der Waals surface area contributed by atoms with Gasteiger partial charge in [-0.1, -0.05) is 72.8 Å². The van der Waals surface area contributed by atoms with Crippen molar-refractivity contribution in [2.24, 2.45) is 5.10 Å². The van der Waals surface area contributed by atoms with Crippen LogP contribution in [0.15, 0.2) is 77.9 Å². The average Bonchev–Trinajstić information content (AvgIpc) is 3.55. The molecule has 0 spiro atoms. The summed E-state index contributed by atoms with van der Waals surface area (Å²) < 4.78 is 5.40. The zero-order chi connectivity index (χ0) is 32.2. The normalized spacial score (nSPS) is 13.8. The first-order chi connectivity index (χ1) is 22.3. The van der Waals surface area contributed by atoms with Crippen LogP contribution in [0.4, 0.5) is 10.6 Å². The lowest BCUT2D eigenvalue weighted by atomic mass is 9.97. The molecule has 14 heteroatoms. The van der Waals surface area contributed by atoms with Gasteiger partial charge in [0, 0.05) is 23.2 Å². The number of anilines is 1. The minimum Gasteiger partial charge on any atom is -0.442 e. The molecule has 0 saturated heterocycles. The predicted molar refractivity (Wildman–Crippen MR) is 166 cm³/mol. The summed E-state index contributed by atoms with van der Waals surface area (Å²) in [4.78, 5) is 51.5. The van der Waals surface area contributed by atoms with Crippen molar-refractivity contribution in [3.05, 3.63) is 122 Å². The van der Waals surface area contributed by atoms with Gasteiger partial charge in [-0.15, -0.1) is 20.3 Å². The third-order valence-corrected chi connectivity index (χ3v) is 7.69. The van der Waals surface area contributed by atoms with Crippen LogP contribution in [-0.2, 0) is 40.5 Å². The molecule has 2 amide bonds. The van der Waals surface area contributed by atoms with Crippen LogP contribution < -0.4 is 15.9 Å². The van der Waals surface area contributed by atoms with Crippen molar-refractivity contribution in [1.82, 2.24) is 26.0 Å². The van der Waals surface area contributed by atoms with Gasteiger partial charge in [0.1, 0.15) is 24.9 Å². The number of hydrazone groups is 1. The molecule has 4 aromatic rings. The van der Waals surface area contributed by atoms with E-state index in [4.69, 9.17) is 4.74 Å². The fourth-order valence-corrected chi connectivity index (χ4v) is 5.42.